The molecule has 0 unspecified atom stereocenters. The number of anilines is 1. The number of rotatable bonds is 5. The van der Waals surface area contributed by atoms with Gasteiger partial charge in [0, 0.05) is 25.6 Å². The van der Waals surface area contributed by atoms with Crippen LogP contribution in [0.3, 0.4) is 0 Å². The van der Waals surface area contributed by atoms with E-state index in [9.17, 15) is 0 Å². The van der Waals surface area contributed by atoms with E-state index in [1.54, 1.807) is 0 Å². The second-order valence-corrected chi connectivity index (χ2v) is 6.34. The summed E-state index contributed by atoms with van der Waals surface area (Å²) < 4.78 is 11.3. The molecule has 0 aliphatic carbocycles. The summed E-state index contributed by atoms with van der Waals surface area (Å²) in [6.45, 7) is 8.07. The van der Waals surface area contributed by atoms with E-state index in [-0.39, 0.29) is 5.41 Å². The molecule has 0 aromatic carbocycles. The van der Waals surface area contributed by atoms with Gasteiger partial charge in [-0.2, -0.15) is 0 Å². The van der Waals surface area contributed by atoms with Gasteiger partial charge in [0.1, 0.15) is 0 Å². The largest absolute Gasteiger partial charge is 0.407 e. The summed E-state index contributed by atoms with van der Waals surface area (Å²) in [7, 11) is 2.00. The Hall–Kier alpha value is -1.10. The highest BCUT2D eigenvalue weighted by molar-refractivity contribution is 5.22. The third-order valence-electron chi connectivity index (χ3n) is 3.43. The fourth-order valence-corrected chi connectivity index (χ4v) is 2.20. The highest BCUT2D eigenvalue weighted by Crippen LogP contribution is 2.23. The van der Waals surface area contributed by atoms with Gasteiger partial charge in [-0.05, 0) is 25.7 Å². The Kier molecular flexibility index (Phi) is 4.45. The molecule has 5 heteroatoms. The van der Waals surface area contributed by atoms with E-state index in [1.807, 2.05) is 11.9 Å². The molecule has 108 valence electrons. The first kappa shape index (κ1) is 14.3. The lowest BCUT2D eigenvalue weighted by atomic mass is 9.97. The van der Waals surface area contributed by atoms with Crippen LogP contribution in [0, 0.1) is 0 Å². The Balaban J connectivity index is 1.79. The predicted octanol–water partition coefficient (Wildman–Crippen LogP) is 2.76. The van der Waals surface area contributed by atoms with Crippen LogP contribution in [0.15, 0.2) is 4.42 Å². The van der Waals surface area contributed by atoms with Crippen molar-refractivity contribution in [3.63, 3.8) is 0 Å². The van der Waals surface area contributed by atoms with Crippen molar-refractivity contribution in [2.75, 3.05) is 25.1 Å². The molecule has 19 heavy (non-hydrogen) atoms. The second kappa shape index (κ2) is 5.90. The van der Waals surface area contributed by atoms with E-state index in [2.05, 4.69) is 31.0 Å². The average molecular weight is 267 g/mol. The summed E-state index contributed by atoms with van der Waals surface area (Å²) >= 11 is 0. The molecular weight excluding hydrogens is 242 g/mol. The SMILES string of the molecule is CN(CCC[C@@H]1CCCO1)c1nnc(C(C)(C)C)o1. The van der Waals surface area contributed by atoms with Crippen molar-refractivity contribution in [1.29, 1.82) is 0 Å². The van der Waals surface area contributed by atoms with E-state index in [0.29, 0.717) is 18.0 Å². The lowest BCUT2D eigenvalue weighted by Gasteiger charge is -2.16. The average Bonchev–Trinajstić information content (AvgIpc) is 2.99. The third kappa shape index (κ3) is 3.93. The van der Waals surface area contributed by atoms with Crippen LogP contribution in [0.4, 0.5) is 6.01 Å². The maximum Gasteiger partial charge on any atom is 0.317 e. The van der Waals surface area contributed by atoms with Gasteiger partial charge < -0.3 is 14.1 Å². The van der Waals surface area contributed by atoms with Crippen molar-refractivity contribution < 1.29 is 9.15 Å². The zero-order valence-corrected chi connectivity index (χ0v) is 12.5. The van der Waals surface area contributed by atoms with E-state index in [1.165, 1.54) is 12.8 Å². The molecule has 0 saturated carbocycles. The summed E-state index contributed by atoms with van der Waals surface area (Å²) in [6.07, 6.45) is 5.08. The normalized spacial score (nSPS) is 19.9. The van der Waals surface area contributed by atoms with Crippen LogP contribution < -0.4 is 4.90 Å². The van der Waals surface area contributed by atoms with Gasteiger partial charge in [-0.3, -0.25) is 0 Å². The number of hydrogen-bond acceptors (Lipinski definition) is 5. The van der Waals surface area contributed by atoms with Gasteiger partial charge in [0.2, 0.25) is 5.89 Å². The van der Waals surface area contributed by atoms with Gasteiger partial charge in [0.25, 0.3) is 0 Å². The van der Waals surface area contributed by atoms with Crippen LogP contribution in [-0.2, 0) is 10.2 Å². The smallest absolute Gasteiger partial charge is 0.317 e. The number of nitrogens with zero attached hydrogens (tertiary/aromatic N) is 3. The van der Waals surface area contributed by atoms with Crippen LogP contribution >= 0.6 is 0 Å². The monoisotopic (exact) mass is 267 g/mol. The Bertz CT molecular complexity index is 392. The van der Waals surface area contributed by atoms with E-state index < -0.39 is 0 Å². The Morgan fingerprint density at radius 1 is 1.32 bits per heavy atom. The van der Waals surface area contributed by atoms with Crippen molar-refractivity contribution in [3.05, 3.63) is 5.89 Å². The molecule has 1 aliphatic rings. The summed E-state index contributed by atoms with van der Waals surface area (Å²) in [5, 5.41) is 8.22. The molecule has 0 bridgehead atoms. The van der Waals surface area contributed by atoms with E-state index in [0.717, 1.165) is 26.0 Å². The van der Waals surface area contributed by atoms with Gasteiger partial charge in [-0.25, -0.2) is 0 Å². The highest BCUT2D eigenvalue weighted by Gasteiger charge is 2.22. The summed E-state index contributed by atoms with van der Waals surface area (Å²) in [4.78, 5) is 2.02. The molecule has 5 nitrogen and oxygen atoms in total. The molecule has 0 radical (unpaired) electrons. The van der Waals surface area contributed by atoms with Crippen molar-refractivity contribution in [3.8, 4) is 0 Å². The maximum atomic E-state index is 5.70. The molecule has 1 aliphatic heterocycles. The first-order valence-corrected chi connectivity index (χ1v) is 7.13. The van der Waals surface area contributed by atoms with Gasteiger partial charge in [-0.15, -0.1) is 5.10 Å². The van der Waals surface area contributed by atoms with E-state index in [4.69, 9.17) is 9.15 Å². The number of ether oxygens (including phenoxy) is 1. The minimum Gasteiger partial charge on any atom is -0.407 e. The molecule has 1 aromatic rings. The standard InChI is InChI=1S/C14H25N3O2/c1-14(2,3)12-15-16-13(19-12)17(4)9-5-7-11-8-6-10-18-11/h11H,5-10H2,1-4H3/t11-/m1/s1. The molecule has 1 fully saturated rings. The van der Waals surface area contributed by atoms with Gasteiger partial charge in [-0.1, -0.05) is 25.9 Å². The van der Waals surface area contributed by atoms with Gasteiger partial charge in [0.05, 0.1) is 6.10 Å². The highest BCUT2D eigenvalue weighted by atomic mass is 16.5. The first-order chi connectivity index (χ1) is 8.97. The quantitative estimate of drug-likeness (QED) is 0.821. The lowest BCUT2D eigenvalue weighted by molar-refractivity contribution is 0.103. The summed E-state index contributed by atoms with van der Waals surface area (Å²) in [5.41, 5.74) is -0.0935. The first-order valence-electron chi connectivity index (χ1n) is 7.13. The van der Waals surface area contributed by atoms with Gasteiger partial charge >= 0.3 is 6.01 Å². The second-order valence-electron chi connectivity index (χ2n) is 6.34. The zero-order chi connectivity index (χ0) is 13.9. The van der Waals surface area contributed by atoms with Crippen LogP contribution in [-0.4, -0.2) is 36.5 Å². The Morgan fingerprint density at radius 2 is 2.11 bits per heavy atom. The topological polar surface area (TPSA) is 51.4 Å². The predicted molar refractivity (Wildman–Crippen MR) is 74.5 cm³/mol. The van der Waals surface area contributed by atoms with Crippen LogP contribution in [0.1, 0.15) is 52.3 Å². The van der Waals surface area contributed by atoms with E-state index >= 15 is 0 Å². The van der Waals surface area contributed by atoms with Crippen molar-refractivity contribution in [2.24, 2.45) is 0 Å². The lowest BCUT2D eigenvalue weighted by Crippen LogP contribution is -2.20. The minimum absolute atomic E-state index is 0.0935. The number of hydrogen-bond donors (Lipinski definition) is 0. The van der Waals surface area contributed by atoms with Crippen molar-refractivity contribution in [2.45, 2.75) is 58.0 Å². The molecule has 1 aromatic heterocycles. The fraction of sp³-hybridized carbons (Fsp3) is 0.857. The van der Waals surface area contributed by atoms with Gasteiger partial charge in [0.15, 0.2) is 0 Å². The Labute approximate surface area is 115 Å². The van der Waals surface area contributed by atoms with Crippen molar-refractivity contribution >= 4 is 6.01 Å². The molecule has 1 saturated heterocycles. The summed E-state index contributed by atoms with van der Waals surface area (Å²) in [6, 6.07) is 0.609. The zero-order valence-electron chi connectivity index (χ0n) is 12.5. The van der Waals surface area contributed by atoms with Crippen molar-refractivity contribution in [1.82, 2.24) is 10.2 Å². The minimum atomic E-state index is -0.0935. The molecular formula is C14H25N3O2. The molecule has 2 heterocycles. The summed E-state index contributed by atoms with van der Waals surface area (Å²) in [5.74, 6) is 0.688. The molecule has 2 rings (SSSR count). The molecule has 1 atom stereocenters. The molecule has 0 amide bonds. The van der Waals surface area contributed by atoms with Crippen LogP contribution in [0.5, 0.6) is 0 Å². The fourth-order valence-electron chi connectivity index (χ4n) is 2.20. The third-order valence-corrected chi connectivity index (χ3v) is 3.43. The molecule has 0 N–H and O–H groups in total. The molecule has 0 spiro atoms. The van der Waals surface area contributed by atoms with Crippen LogP contribution in [0.2, 0.25) is 0 Å². The Morgan fingerprint density at radius 3 is 2.68 bits per heavy atom. The maximum absolute atomic E-state index is 5.70. The number of aromatic nitrogens is 2. The van der Waals surface area contributed by atoms with Crippen LogP contribution in [0.25, 0.3) is 0 Å².